The van der Waals surface area contributed by atoms with E-state index in [9.17, 15) is 5.11 Å². The van der Waals surface area contributed by atoms with Crippen molar-refractivity contribution in [3.8, 4) is 0 Å². The number of aliphatic hydroxyl groups excluding tert-OH is 1. The summed E-state index contributed by atoms with van der Waals surface area (Å²) in [6.45, 7) is 2.26. The van der Waals surface area contributed by atoms with Crippen LogP contribution in [0.15, 0.2) is 21.2 Å². The minimum absolute atomic E-state index is 0.449. The molecule has 0 aliphatic heterocycles. The fourth-order valence-corrected chi connectivity index (χ4v) is 2.79. The lowest BCUT2D eigenvalue weighted by Crippen LogP contribution is -1.95. The summed E-state index contributed by atoms with van der Waals surface area (Å²) in [4.78, 5) is 0. The highest BCUT2D eigenvalue weighted by Crippen LogP contribution is 2.24. The molecule has 0 spiro atoms. The maximum atomic E-state index is 9.94. The third-order valence-corrected chi connectivity index (χ3v) is 4.18. The summed E-state index contributed by atoms with van der Waals surface area (Å²) in [6.07, 6.45) is 13.6. The van der Waals surface area contributed by atoms with Gasteiger partial charge in [0.2, 0.25) is 0 Å². The lowest BCUT2D eigenvalue weighted by atomic mass is 10.0. The van der Waals surface area contributed by atoms with Gasteiger partial charge in [0.1, 0.15) is 11.9 Å². The van der Waals surface area contributed by atoms with Crippen molar-refractivity contribution in [2.45, 2.75) is 83.7 Å². The Kier molecular flexibility index (Phi) is 10.1. The van der Waals surface area contributed by atoms with E-state index in [2.05, 4.69) is 22.9 Å². The molecule has 3 heteroatoms. The average Bonchev–Trinajstić information content (AvgIpc) is 2.87. The van der Waals surface area contributed by atoms with Crippen LogP contribution < -0.4 is 0 Å². The van der Waals surface area contributed by atoms with Crippen molar-refractivity contribution in [2.75, 3.05) is 0 Å². The van der Waals surface area contributed by atoms with Crippen LogP contribution in [-0.2, 0) is 0 Å². The average molecular weight is 345 g/mol. The fourth-order valence-electron chi connectivity index (χ4n) is 2.47. The van der Waals surface area contributed by atoms with Gasteiger partial charge in [-0.3, -0.25) is 0 Å². The SMILES string of the molecule is CCCCCCCCCCCCC(O)c1ccc(Br)o1. The Morgan fingerprint density at radius 1 is 0.950 bits per heavy atom. The highest BCUT2D eigenvalue weighted by Gasteiger charge is 2.11. The van der Waals surface area contributed by atoms with Gasteiger partial charge in [-0.2, -0.15) is 0 Å². The molecular weight excluding hydrogens is 316 g/mol. The van der Waals surface area contributed by atoms with Crippen LogP contribution in [0.3, 0.4) is 0 Å². The van der Waals surface area contributed by atoms with Gasteiger partial charge in [0.15, 0.2) is 4.67 Å². The molecule has 0 aliphatic rings. The van der Waals surface area contributed by atoms with Crippen LogP contribution in [0.2, 0.25) is 0 Å². The lowest BCUT2D eigenvalue weighted by molar-refractivity contribution is 0.135. The van der Waals surface area contributed by atoms with E-state index in [0.29, 0.717) is 10.4 Å². The molecule has 1 rings (SSSR count). The van der Waals surface area contributed by atoms with E-state index in [-0.39, 0.29) is 0 Å². The van der Waals surface area contributed by atoms with Gasteiger partial charge in [0.05, 0.1) is 0 Å². The van der Waals surface area contributed by atoms with Crippen molar-refractivity contribution in [3.05, 3.63) is 22.6 Å². The Bertz CT molecular complexity index is 335. The monoisotopic (exact) mass is 344 g/mol. The maximum absolute atomic E-state index is 9.94. The normalized spacial score (nSPS) is 12.8. The first-order valence-electron chi connectivity index (χ1n) is 8.17. The minimum atomic E-state index is -0.449. The molecule has 0 aliphatic carbocycles. The number of unbranched alkanes of at least 4 members (excludes halogenated alkanes) is 9. The highest BCUT2D eigenvalue weighted by atomic mass is 79.9. The molecule has 0 radical (unpaired) electrons. The lowest BCUT2D eigenvalue weighted by Gasteiger charge is -2.07. The number of aliphatic hydroxyl groups is 1. The molecule has 1 N–H and O–H groups in total. The fraction of sp³-hybridized carbons (Fsp3) is 0.765. The van der Waals surface area contributed by atoms with Gasteiger partial charge in [-0.05, 0) is 34.5 Å². The third kappa shape index (κ3) is 8.11. The maximum Gasteiger partial charge on any atom is 0.169 e. The Morgan fingerprint density at radius 2 is 1.50 bits per heavy atom. The van der Waals surface area contributed by atoms with Gasteiger partial charge >= 0.3 is 0 Å². The summed E-state index contributed by atoms with van der Waals surface area (Å²) < 4.78 is 6.04. The number of hydrogen-bond donors (Lipinski definition) is 1. The molecule has 0 fully saturated rings. The van der Waals surface area contributed by atoms with E-state index < -0.39 is 6.10 Å². The van der Waals surface area contributed by atoms with Gasteiger partial charge < -0.3 is 9.52 Å². The summed E-state index contributed by atoms with van der Waals surface area (Å²) in [7, 11) is 0. The zero-order valence-electron chi connectivity index (χ0n) is 12.7. The topological polar surface area (TPSA) is 33.4 Å². The zero-order chi connectivity index (χ0) is 14.6. The number of hydrogen-bond acceptors (Lipinski definition) is 2. The molecule has 0 saturated carbocycles. The standard InChI is InChI=1S/C17H29BrO2/c1-2-3-4-5-6-7-8-9-10-11-12-15(19)16-13-14-17(18)20-16/h13-15,19H,2-12H2,1H3. The van der Waals surface area contributed by atoms with Gasteiger partial charge in [0.25, 0.3) is 0 Å². The van der Waals surface area contributed by atoms with Crippen molar-refractivity contribution in [1.29, 1.82) is 0 Å². The Hall–Kier alpha value is -0.280. The smallest absolute Gasteiger partial charge is 0.169 e. The first-order valence-corrected chi connectivity index (χ1v) is 8.96. The van der Waals surface area contributed by atoms with Crippen LogP contribution in [0, 0.1) is 0 Å². The van der Waals surface area contributed by atoms with Crippen molar-refractivity contribution in [3.63, 3.8) is 0 Å². The first kappa shape index (κ1) is 17.8. The van der Waals surface area contributed by atoms with E-state index in [1.54, 1.807) is 0 Å². The molecule has 0 bridgehead atoms. The van der Waals surface area contributed by atoms with E-state index in [1.807, 2.05) is 12.1 Å². The summed E-state index contributed by atoms with van der Waals surface area (Å²) >= 11 is 3.26. The summed E-state index contributed by atoms with van der Waals surface area (Å²) in [5.41, 5.74) is 0. The van der Waals surface area contributed by atoms with Crippen LogP contribution in [-0.4, -0.2) is 5.11 Å². The Balaban J connectivity index is 1.89. The van der Waals surface area contributed by atoms with Crippen molar-refractivity contribution >= 4 is 15.9 Å². The Labute approximate surface area is 132 Å². The second-order valence-corrected chi connectivity index (χ2v) is 6.41. The number of rotatable bonds is 12. The molecule has 2 nitrogen and oxygen atoms in total. The van der Waals surface area contributed by atoms with Crippen molar-refractivity contribution in [2.24, 2.45) is 0 Å². The van der Waals surface area contributed by atoms with Crippen LogP contribution >= 0.6 is 15.9 Å². The molecule has 0 amide bonds. The van der Waals surface area contributed by atoms with Crippen LogP contribution in [0.25, 0.3) is 0 Å². The molecule has 116 valence electrons. The first-order chi connectivity index (χ1) is 9.74. The third-order valence-electron chi connectivity index (χ3n) is 3.75. The van der Waals surface area contributed by atoms with Gasteiger partial charge in [-0.25, -0.2) is 0 Å². The minimum Gasteiger partial charge on any atom is -0.452 e. The largest absolute Gasteiger partial charge is 0.452 e. The second kappa shape index (κ2) is 11.4. The van der Waals surface area contributed by atoms with Crippen LogP contribution in [0.1, 0.15) is 89.4 Å². The molecule has 1 unspecified atom stereocenters. The van der Waals surface area contributed by atoms with Gasteiger partial charge in [-0.1, -0.05) is 71.1 Å². The van der Waals surface area contributed by atoms with E-state index in [0.717, 1.165) is 12.8 Å². The molecular formula is C17H29BrO2. The summed E-state index contributed by atoms with van der Waals surface area (Å²) in [5.74, 6) is 0.674. The Morgan fingerprint density at radius 3 is 2.00 bits per heavy atom. The quantitative estimate of drug-likeness (QED) is 0.446. The molecule has 0 saturated heterocycles. The molecule has 0 aromatic carbocycles. The molecule has 1 heterocycles. The van der Waals surface area contributed by atoms with E-state index in [4.69, 9.17) is 4.42 Å². The van der Waals surface area contributed by atoms with Gasteiger partial charge in [-0.15, -0.1) is 0 Å². The molecule has 20 heavy (non-hydrogen) atoms. The van der Waals surface area contributed by atoms with Crippen molar-refractivity contribution < 1.29 is 9.52 Å². The second-order valence-electron chi connectivity index (χ2n) is 5.63. The van der Waals surface area contributed by atoms with E-state index in [1.165, 1.54) is 57.8 Å². The molecule has 1 atom stereocenters. The van der Waals surface area contributed by atoms with Gasteiger partial charge in [0, 0.05) is 0 Å². The summed E-state index contributed by atoms with van der Waals surface area (Å²) in [5, 5.41) is 9.94. The highest BCUT2D eigenvalue weighted by molar-refractivity contribution is 9.10. The van der Waals surface area contributed by atoms with Crippen LogP contribution in [0.5, 0.6) is 0 Å². The molecule has 1 aromatic rings. The predicted molar refractivity (Wildman–Crippen MR) is 87.8 cm³/mol. The zero-order valence-corrected chi connectivity index (χ0v) is 14.3. The van der Waals surface area contributed by atoms with E-state index >= 15 is 0 Å². The molecule has 1 aromatic heterocycles. The number of halogens is 1. The van der Waals surface area contributed by atoms with Crippen molar-refractivity contribution in [1.82, 2.24) is 0 Å². The summed E-state index contributed by atoms with van der Waals surface area (Å²) in [6, 6.07) is 3.67. The predicted octanol–water partition coefficient (Wildman–Crippen LogP) is 6.39. The number of furan rings is 1. The van der Waals surface area contributed by atoms with Crippen LogP contribution in [0.4, 0.5) is 0 Å².